The molecule has 0 saturated carbocycles. The minimum atomic E-state index is -2.56. The van der Waals surface area contributed by atoms with E-state index in [-0.39, 0.29) is 11.3 Å². The standard InChI is InChI=1S/C9H10O3/c1-11-8-3-4-9(12-2)7(5-8)6-10/h3-6H,1-2H3/i2D3. The van der Waals surface area contributed by atoms with Crippen molar-refractivity contribution in [2.45, 2.75) is 0 Å². The van der Waals surface area contributed by atoms with Crippen LogP contribution in [0.15, 0.2) is 18.2 Å². The fourth-order valence-corrected chi connectivity index (χ4v) is 0.839. The van der Waals surface area contributed by atoms with Crippen molar-refractivity contribution >= 4 is 6.29 Å². The highest BCUT2D eigenvalue weighted by molar-refractivity contribution is 5.80. The van der Waals surface area contributed by atoms with Crippen LogP contribution in [0.1, 0.15) is 14.5 Å². The maximum Gasteiger partial charge on any atom is 0.153 e. The fourth-order valence-electron chi connectivity index (χ4n) is 0.839. The zero-order valence-electron chi connectivity index (χ0n) is 9.53. The number of benzene rings is 1. The zero-order valence-corrected chi connectivity index (χ0v) is 6.53. The Morgan fingerprint density at radius 2 is 2.33 bits per heavy atom. The van der Waals surface area contributed by atoms with Crippen LogP contribution in [-0.4, -0.2) is 20.4 Å². The van der Waals surface area contributed by atoms with Crippen LogP contribution >= 0.6 is 0 Å². The SMILES string of the molecule is [2H]C([2H])([2H])Oc1ccc(OC)cc1C=O. The lowest BCUT2D eigenvalue weighted by molar-refractivity contribution is 0.112. The lowest BCUT2D eigenvalue weighted by Gasteiger charge is -2.04. The van der Waals surface area contributed by atoms with E-state index in [1.165, 1.54) is 25.3 Å². The first-order valence-electron chi connectivity index (χ1n) is 4.78. The van der Waals surface area contributed by atoms with Gasteiger partial charge in [-0.05, 0) is 18.2 Å². The molecule has 0 bridgehead atoms. The molecule has 0 aliphatic heterocycles. The second-order valence-electron chi connectivity index (χ2n) is 2.12. The third-order valence-corrected chi connectivity index (χ3v) is 1.45. The molecule has 1 aromatic rings. The van der Waals surface area contributed by atoms with E-state index >= 15 is 0 Å². The van der Waals surface area contributed by atoms with Gasteiger partial charge in [0.25, 0.3) is 0 Å². The van der Waals surface area contributed by atoms with Crippen molar-refractivity contribution in [1.29, 1.82) is 0 Å². The molecule has 0 aromatic heterocycles. The molecule has 0 N–H and O–H groups in total. The summed E-state index contributed by atoms with van der Waals surface area (Å²) in [6.07, 6.45) is 0.517. The normalized spacial score (nSPS) is 13.9. The monoisotopic (exact) mass is 169 g/mol. The smallest absolute Gasteiger partial charge is 0.153 e. The summed E-state index contributed by atoms with van der Waals surface area (Å²) in [6, 6.07) is 4.32. The Labute approximate surface area is 75.1 Å². The van der Waals surface area contributed by atoms with Crippen LogP contribution in [0.3, 0.4) is 0 Å². The molecule has 0 fully saturated rings. The van der Waals surface area contributed by atoms with Crippen molar-refractivity contribution in [3.8, 4) is 11.5 Å². The van der Waals surface area contributed by atoms with Gasteiger partial charge in [-0.15, -0.1) is 0 Å². The van der Waals surface area contributed by atoms with E-state index in [0.717, 1.165) is 0 Å². The largest absolute Gasteiger partial charge is 0.497 e. The number of carbonyl (C=O) groups excluding carboxylic acids is 1. The highest BCUT2D eigenvalue weighted by Gasteiger charge is 2.02. The van der Waals surface area contributed by atoms with Crippen LogP contribution < -0.4 is 9.47 Å². The molecule has 0 radical (unpaired) electrons. The van der Waals surface area contributed by atoms with Gasteiger partial charge in [0.15, 0.2) is 6.29 Å². The third kappa shape index (κ3) is 1.56. The number of hydrogen-bond acceptors (Lipinski definition) is 3. The summed E-state index contributed by atoms with van der Waals surface area (Å²) in [4.78, 5) is 10.7. The Balaban J connectivity index is 3.03. The zero-order chi connectivity index (χ0) is 11.5. The third-order valence-electron chi connectivity index (χ3n) is 1.45. The average Bonchev–Trinajstić information content (AvgIpc) is 2.16. The molecule has 1 aromatic carbocycles. The lowest BCUT2D eigenvalue weighted by atomic mass is 10.2. The van der Waals surface area contributed by atoms with Crippen molar-refractivity contribution < 1.29 is 18.4 Å². The number of ether oxygens (including phenoxy) is 2. The quantitative estimate of drug-likeness (QED) is 0.643. The van der Waals surface area contributed by atoms with Crippen molar-refractivity contribution in [2.24, 2.45) is 0 Å². The first-order chi connectivity index (χ1) is 6.96. The first kappa shape index (κ1) is 5.19. The topological polar surface area (TPSA) is 35.5 Å². The van der Waals surface area contributed by atoms with Crippen LogP contribution in [0.4, 0.5) is 0 Å². The maximum atomic E-state index is 10.7. The minimum Gasteiger partial charge on any atom is -0.497 e. The van der Waals surface area contributed by atoms with Gasteiger partial charge in [0.1, 0.15) is 11.5 Å². The van der Waals surface area contributed by atoms with Crippen LogP contribution in [-0.2, 0) is 0 Å². The Bertz CT molecular complexity index is 360. The van der Waals surface area contributed by atoms with Crippen LogP contribution in [0.25, 0.3) is 0 Å². The molecule has 0 heterocycles. The summed E-state index contributed by atoms with van der Waals surface area (Å²) < 4.78 is 30.2. The van der Waals surface area contributed by atoms with Gasteiger partial charge in [0.2, 0.25) is 0 Å². The van der Waals surface area contributed by atoms with E-state index < -0.39 is 7.04 Å². The number of rotatable bonds is 3. The molecule has 0 amide bonds. The molecule has 0 spiro atoms. The van der Waals surface area contributed by atoms with Gasteiger partial charge in [-0.25, -0.2) is 0 Å². The predicted molar refractivity (Wildman–Crippen MR) is 44.9 cm³/mol. The molecular weight excluding hydrogens is 156 g/mol. The number of methoxy groups -OCH3 is 2. The molecule has 64 valence electrons. The molecule has 0 atom stereocenters. The Morgan fingerprint density at radius 3 is 2.92 bits per heavy atom. The van der Waals surface area contributed by atoms with Gasteiger partial charge in [-0.2, -0.15) is 0 Å². The van der Waals surface area contributed by atoms with Gasteiger partial charge in [-0.3, -0.25) is 4.79 Å². The second-order valence-corrected chi connectivity index (χ2v) is 2.12. The molecule has 1 rings (SSSR count). The molecule has 12 heavy (non-hydrogen) atoms. The Morgan fingerprint density at radius 1 is 1.50 bits per heavy atom. The fraction of sp³-hybridized carbons (Fsp3) is 0.222. The minimum absolute atomic E-state index is 0.0193. The van der Waals surface area contributed by atoms with Gasteiger partial charge < -0.3 is 9.47 Å². The molecule has 3 nitrogen and oxygen atoms in total. The highest BCUT2D eigenvalue weighted by Crippen LogP contribution is 2.21. The second kappa shape index (κ2) is 3.76. The predicted octanol–water partition coefficient (Wildman–Crippen LogP) is 1.52. The molecule has 3 heteroatoms. The molecular formula is C9H10O3. The summed E-state index contributed by atoms with van der Waals surface area (Å²) in [6.45, 7) is 0. The van der Waals surface area contributed by atoms with Crippen molar-refractivity contribution in [2.75, 3.05) is 14.1 Å². The van der Waals surface area contributed by atoms with E-state index in [2.05, 4.69) is 4.74 Å². The Kier molecular flexibility index (Phi) is 1.63. The first-order valence-corrected chi connectivity index (χ1v) is 3.28. The lowest BCUT2D eigenvalue weighted by Crippen LogP contribution is -1.91. The highest BCUT2D eigenvalue weighted by atomic mass is 16.5. The maximum absolute atomic E-state index is 10.7. The van der Waals surface area contributed by atoms with Gasteiger partial charge in [0, 0.05) is 0 Å². The van der Waals surface area contributed by atoms with Crippen LogP contribution in [0.5, 0.6) is 11.5 Å². The molecule has 0 unspecified atom stereocenters. The van der Waals surface area contributed by atoms with E-state index in [1.54, 1.807) is 0 Å². The Hall–Kier alpha value is -1.51. The van der Waals surface area contributed by atoms with Crippen molar-refractivity contribution in [1.82, 2.24) is 0 Å². The van der Waals surface area contributed by atoms with E-state index in [9.17, 15) is 4.79 Å². The van der Waals surface area contributed by atoms with Gasteiger partial charge >= 0.3 is 0 Å². The summed E-state index contributed by atoms with van der Waals surface area (Å²) in [5.74, 6) is 0.487. The van der Waals surface area contributed by atoms with Crippen molar-refractivity contribution in [3.63, 3.8) is 0 Å². The summed E-state index contributed by atoms with van der Waals surface area (Å²) >= 11 is 0. The number of carbonyl (C=O) groups is 1. The summed E-state index contributed by atoms with van der Waals surface area (Å²) in [7, 11) is -1.11. The molecule has 0 saturated heterocycles. The summed E-state index contributed by atoms with van der Waals surface area (Å²) in [5, 5.41) is 0. The number of aldehydes is 1. The molecule has 0 aliphatic carbocycles. The molecule has 0 aliphatic rings. The van der Waals surface area contributed by atoms with Crippen molar-refractivity contribution in [3.05, 3.63) is 23.8 Å². The van der Waals surface area contributed by atoms with E-state index in [0.29, 0.717) is 12.0 Å². The van der Waals surface area contributed by atoms with E-state index in [4.69, 9.17) is 8.85 Å². The average molecular weight is 169 g/mol. The van der Waals surface area contributed by atoms with Crippen LogP contribution in [0.2, 0.25) is 0 Å². The van der Waals surface area contributed by atoms with E-state index in [1.807, 2.05) is 0 Å². The van der Waals surface area contributed by atoms with Gasteiger partial charge in [-0.1, -0.05) is 0 Å². The summed E-state index contributed by atoms with van der Waals surface area (Å²) in [5.41, 5.74) is 0.144. The number of hydrogen-bond donors (Lipinski definition) is 0. The van der Waals surface area contributed by atoms with Gasteiger partial charge in [0.05, 0.1) is 23.8 Å². The van der Waals surface area contributed by atoms with Crippen LogP contribution in [0, 0.1) is 0 Å².